The third-order valence-corrected chi connectivity index (χ3v) is 5.77. The van der Waals surface area contributed by atoms with Gasteiger partial charge in [0.05, 0.1) is 11.9 Å². The number of rotatable bonds is 6. The fourth-order valence-corrected chi connectivity index (χ4v) is 3.93. The van der Waals surface area contributed by atoms with E-state index in [1.165, 1.54) is 19.3 Å². The van der Waals surface area contributed by atoms with E-state index in [-0.39, 0.29) is 0 Å². The first-order valence-corrected chi connectivity index (χ1v) is 9.85. The second-order valence-electron chi connectivity index (χ2n) is 7.51. The Kier molecular flexibility index (Phi) is 5.08. The summed E-state index contributed by atoms with van der Waals surface area (Å²) in [7, 11) is 0. The summed E-state index contributed by atoms with van der Waals surface area (Å²) in [6.07, 6.45) is 5.62. The van der Waals surface area contributed by atoms with Crippen molar-refractivity contribution in [3.05, 3.63) is 83.3 Å². The minimum atomic E-state index is 0.486. The van der Waals surface area contributed by atoms with Crippen LogP contribution in [0.15, 0.2) is 60.8 Å². The number of nitrogen functional groups attached to an aromatic ring is 1. The molecular weight excluding hydrogens is 346 g/mol. The molecule has 0 saturated heterocycles. The van der Waals surface area contributed by atoms with Crippen LogP contribution in [0, 0.1) is 12.5 Å². The number of hydrogen-bond donors (Lipinski definition) is 1. The van der Waals surface area contributed by atoms with Crippen molar-refractivity contribution in [2.45, 2.75) is 38.7 Å². The third-order valence-electron chi connectivity index (χ3n) is 5.77. The highest BCUT2D eigenvalue weighted by Gasteiger charge is 2.33. The molecule has 3 aromatic rings. The number of hydrogen-bond acceptors (Lipinski definition) is 2. The van der Waals surface area contributed by atoms with Crippen LogP contribution >= 0.6 is 0 Å². The van der Waals surface area contributed by atoms with E-state index in [0.29, 0.717) is 24.0 Å². The van der Waals surface area contributed by atoms with Crippen LogP contribution in [0.5, 0.6) is 5.75 Å². The van der Waals surface area contributed by atoms with Gasteiger partial charge in [-0.1, -0.05) is 50.2 Å². The smallest absolute Gasteiger partial charge is 0.258 e. The van der Waals surface area contributed by atoms with Gasteiger partial charge in [0.15, 0.2) is 0 Å². The van der Waals surface area contributed by atoms with Gasteiger partial charge in [-0.25, -0.2) is 0 Å². The Morgan fingerprint density at radius 2 is 1.82 bits per heavy atom. The zero-order valence-corrected chi connectivity index (χ0v) is 16.1. The van der Waals surface area contributed by atoms with Gasteiger partial charge in [0.1, 0.15) is 18.0 Å². The number of aromatic nitrogens is 1. The number of nitrogens with zero attached hydrogens (tertiary/aromatic N) is 2. The molecule has 0 bridgehead atoms. The van der Waals surface area contributed by atoms with E-state index < -0.39 is 0 Å². The Balaban J connectivity index is 1.52. The highest BCUT2D eigenvalue weighted by atomic mass is 16.5. The fraction of sp³-hybridized carbons (Fsp3) is 0.292. The SMILES string of the molecule is [C-]#[N+]c1c(N)c(C2CC(CC)C2)cn1-c1ccc(OCc2ccccc2)cc1. The Bertz CT molecular complexity index is 977. The van der Waals surface area contributed by atoms with Crippen LogP contribution < -0.4 is 10.5 Å². The zero-order chi connectivity index (χ0) is 19.5. The first kappa shape index (κ1) is 18.2. The van der Waals surface area contributed by atoms with Gasteiger partial charge in [0, 0.05) is 5.56 Å². The molecule has 0 unspecified atom stereocenters. The van der Waals surface area contributed by atoms with Crippen LogP contribution in [0.4, 0.5) is 11.5 Å². The molecule has 28 heavy (non-hydrogen) atoms. The van der Waals surface area contributed by atoms with Gasteiger partial charge in [-0.15, -0.1) is 0 Å². The lowest BCUT2D eigenvalue weighted by atomic mass is 9.70. The first-order chi connectivity index (χ1) is 13.7. The van der Waals surface area contributed by atoms with Crippen molar-refractivity contribution >= 4 is 11.5 Å². The maximum Gasteiger partial charge on any atom is 0.258 e. The predicted molar refractivity (Wildman–Crippen MR) is 113 cm³/mol. The van der Waals surface area contributed by atoms with Gasteiger partial charge in [-0.3, -0.25) is 4.57 Å². The summed E-state index contributed by atoms with van der Waals surface area (Å²) in [6, 6.07) is 17.9. The van der Waals surface area contributed by atoms with Crippen molar-refractivity contribution in [2.24, 2.45) is 5.92 Å². The van der Waals surface area contributed by atoms with Crippen LogP contribution in [0.3, 0.4) is 0 Å². The second-order valence-corrected chi connectivity index (χ2v) is 7.51. The average Bonchev–Trinajstić information content (AvgIpc) is 3.03. The molecule has 0 amide bonds. The Morgan fingerprint density at radius 1 is 1.11 bits per heavy atom. The van der Waals surface area contributed by atoms with Gasteiger partial charge >= 0.3 is 0 Å². The summed E-state index contributed by atoms with van der Waals surface area (Å²) in [5.74, 6) is 2.60. The van der Waals surface area contributed by atoms with E-state index in [1.54, 1.807) is 0 Å². The van der Waals surface area contributed by atoms with Crippen molar-refractivity contribution in [3.63, 3.8) is 0 Å². The van der Waals surface area contributed by atoms with Crippen molar-refractivity contribution in [1.29, 1.82) is 0 Å². The zero-order valence-electron chi connectivity index (χ0n) is 16.1. The molecule has 142 valence electrons. The van der Waals surface area contributed by atoms with E-state index >= 15 is 0 Å². The molecule has 2 aromatic carbocycles. The van der Waals surface area contributed by atoms with Gasteiger partial charge in [-0.05, 0) is 54.5 Å². The highest BCUT2D eigenvalue weighted by Crippen LogP contribution is 2.48. The van der Waals surface area contributed by atoms with Gasteiger partial charge < -0.3 is 15.3 Å². The molecule has 1 fully saturated rings. The Labute approximate surface area is 166 Å². The number of anilines is 1. The summed E-state index contributed by atoms with van der Waals surface area (Å²) in [5, 5.41) is 0. The van der Waals surface area contributed by atoms with E-state index in [1.807, 2.05) is 59.2 Å². The van der Waals surface area contributed by atoms with Crippen molar-refractivity contribution in [3.8, 4) is 11.4 Å². The highest BCUT2D eigenvalue weighted by molar-refractivity contribution is 5.72. The molecule has 0 spiro atoms. The molecule has 1 aliphatic rings. The lowest BCUT2D eigenvalue weighted by Gasteiger charge is -2.34. The van der Waals surface area contributed by atoms with Crippen molar-refractivity contribution < 1.29 is 4.74 Å². The standard InChI is InChI=1S/C24H25N3O/c1-3-17-13-19(14-17)22-15-27(24(26-2)23(22)25)20-9-11-21(12-10-20)28-16-18-7-5-4-6-8-18/h4-12,15,17,19H,3,13-14,16,25H2,1H3. The van der Waals surface area contributed by atoms with E-state index in [9.17, 15) is 0 Å². The number of ether oxygens (including phenoxy) is 1. The molecule has 0 aliphatic heterocycles. The van der Waals surface area contributed by atoms with E-state index in [0.717, 1.165) is 28.5 Å². The number of nitrogens with two attached hydrogens (primary N) is 1. The summed E-state index contributed by atoms with van der Waals surface area (Å²) in [5.41, 5.74) is 10.2. The number of benzene rings is 2. The van der Waals surface area contributed by atoms with E-state index in [4.69, 9.17) is 17.0 Å². The Morgan fingerprint density at radius 3 is 2.46 bits per heavy atom. The molecule has 4 heteroatoms. The quantitative estimate of drug-likeness (QED) is 0.533. The van der Waals surface area contributed by atoms with Crippen LogP contribution in [0.2, 0.25) is 0 Å². The normalized spacial score (nSPS) is 18.3. The molecule has 1 aromatic heterocycles. The molecule has 4 nitrogen and oxygen atoms in total. The molecule has 4 rings (SSSR count). The van der Waals surface area contributed by atoms with E-state index in [2.05, 4.69) is 18.0 Å². The topological polar surface area (TPSA) is 44.5 Å². The van der Waals surface area contributed by atoms with Crippen molar-refractivity contribution in [2.75, 3.05) is 5.73 Å². The molecule has 1 heterocycles. The molecular formula is C24H25N3O. The van der Waals surface area contributed by atoms with Crippen molar-refractivity contribution in [1.82, 2.24) is 4.57 Å². The maximum absolute atomic E-state index is 7.58. The largest absolute Gasteiger partial charge is 0.489 e. The third kappa shape index (κ3) is 3.48. The minimum absolute atomic E-state index is 0.486. The van der Waals surface area contributed by atoms with Gasteiger partial charge in [0.25, 0.3) is 5.82 Å². The van der Waals surface area contributed by atoms with Crippen LogP contribution in [0.25, 0.3) is 10.5 Å². The molecule has 1 aliphatic carbocycles. The average molecular weight is 371 g/mol. The van der Waals surface area contributed by atoms with Gasteiger partial charge in [0.2, 0.25) is 0 Å². The molecule has 0 atom stereocenters. The summed E-state index contributed by atoms with van der Waals surface area (Å²) >= 11 is 0. The second kappa shape index (κ2) is 7.82. The first-order valence-electron chi connectivity index (χ1n) is 9.85. The summed E-state index contributed by atoms with van der Waals surface area (Å²) in [4.78, 5) is 3.70. The lowest BCUT2D eigenvalue weighted by molar-refractivity contribution is 0.257. The lowest BCUT2D eigenvalue weighted by Crippen LogP contribution is -2.21. The summed E-state index contributed by atoms with van der Waals surface area (Å²) in [6.45, 7) is 10.4. The summed E-state index contributed by atoms with van der Waals surface area (Å²) < 4.78 is 7.78. The molecule has 1 saturated carbocycles. The Hall–Kier alpha value is -3.19. The van der Waals surface area contributed by atoms with Crippen LogP contribution in [0.1, 0.15) is 43.2 Å². The van der Waals surface area contributed by atoms with Crippen LogP contribution in [-0.2, 0) is 6.61 Å². The molecule has 0 radical (unpaired) electrons. The molecule has 2 N–H and O–H groups in total. The van der Waals surface area contributed by atoms with Crippen LogP contribution in [-0.4, -0.2) is 4.57 Å². The monoisotopic (exact) mass is 371 g/mol. The fourth-order valence-electron chi connectivity index (χ4n) is 3.93. The maximum atomic E-state index is 7.58. The van der Waals surface area contributed by atoms with Gasteiger partial charge in [-0.2, -0.15) is 0 Å². The predicted octanol–water partition coefficient (Wildman–Crippen LogP) is 6.09. The minimum Gasteiger partial charge on any atom is -0.489 e.